The van der Waals surface area contributed by atoms with Crippen molar-refractivity contribution in [1.29, 1.82) is 0 Å². The molecule has 2 aromatic carbocycles. The molecule has 6 nitrogen and oxygen atoms in total. The molecular formula is C20H18ClN3O3S. The van der Waals surface area contributed by atoms with Crippen molar-refractivity contribution in [2.75, 3.05) is 11.9 Å². The van der Waals surface area contributed by atoms with Gasteiger partial charge in [0.25, 0.3) is 5.69 Å². The first-order chi connectivity index (χ1) is 13.4. The summed E-state index contributed by atoms with van der Waals surface area (Å²) in [6, 6.07) is 16.0. The molecule has 0 aliphatic rings. The predicted molar refractivity (Wildman–Crippen MR) is 112 cm³/mol. The van der Waals surface area contributed by atoms with Gasteiger partial charge in [-0.05, 0) is 30.0 Å². The van der Waals surface area contributed by atoms with Crippen molar-refractivity contribution in [1.82, 2.24) is 5.32 Å². The molecule has 0 spiro atoms. The summed E-state index contributed by atoms with van der Waals surface area (Å²) in [6.45, 7) is 2.09. The second-order valence-corrected chi connectivity index (χ2v) is 7.60. The van der Waals surface area contributed by atoms with Crippen LogP contribution in [0.4, 0.5) is 11.4 Å². The smallest absolute Gasteiger partial charge is 0.271 e. The summed E-state index contributed by atoms with van der Waals surface area (Å²) >= 11 is 7.65. The summed E-state index contributed by atoms with van der Waals surface area (Å²) in [5, 5.41) is 18.9. The van der Waals surface area contributed by atoms with Crippen LogP contribution >= 0.6 is 22.9 Å². The standard InChI is InChI=1S/C20H18ClN3O3S/c1-13-4-6-14(7-5-13)20(18-3-2-10-28-18)22-12-19(25)23-17-9-8-15(24(26)27)11-16(17)21/h2-11,20,22H,12H2,1H3,(H,23,25)/t20-/m1/s1. The minimum absolute atomic E-state index is 0.0593. The van der Waals surface area contributed by atoms with Crippen molar-refractivity contribution in [3.63, 3.8) is 0 Å². The molecule has 1 amide bonds. The lowest BCUT2D eigenvalue weighted by atomic mass is 10.0. The highest BCUT2D eigenvalue weighted by molar-refractivity contribution is 7.10. The molecule has 1 aromatic heterocycles. The van der Waals surface area contributed by atoms with Crippen LogP contribution in [-0.4, -0.2) is 17.4 Å². The van der Waals surface area contributed by atoms with Crippen molar-refractivity contribution < 1.29 is 9.72 Å². The minimum Gasteiger partial charge on any atom is -0.324 e. The second-order valence-electron chi connectivity index (χ2n) is 6.21. The number of nitro benzene ring substituents is 1. The fourth-order valence-electron chi connectivity index (χ4n) is 2.71. The highest BCUT2D eigenvalue weighted by Gasteiger charge is 2.17. The van der Waals surface area contributed by atoms with E-state index in [1.807, 2.05) is 48.7 Å². The van der Waals surface area contributed by atoms with Crippen molar-refractivity contribution >= 4 is 40.2 Å². The molecule has 0 saturated heterocycles. The largest absolute Gasteiger partial charge is 0.324 e. The molecule has 0 saturated carbocycles. The van der Waals surface area contributed by atoms with E-state index < -0.39 is 4.92 Å². The average Bonchev–Trinajstić information content (AvgIpc) is 3.19. The van der Waals surface area contributed by atoms with Crippen LogP contribution in [0.25, 0.3) is 0 Å². The third-order valence-corrected chi connectivity index (χ3v) is 5.39. The molecule has 28 heavy (non-hydrogen) atoms. The van der Waals surface area contributed by atoms with Crippen molar-refractivity contribution in [2.24, 2.45) is 0 Å². The zero-order chi connectivity index (χ0) is 20.1. The summed E-state index contributed by atoms with van der Waals surface area (Å²) in [4.78, 5) is 23.7. The van der Waals surface area contributed by atoms with E-state index in [4.69, 9.17) is 11.6 Å². The zero-order valence-corrected chi connectivity index (χ0v) is 16.6. The predicted octanol–water partition coefficient (Wildman–Crippen LogP) is 4.94. The first-order valence-electron chi connectivity index (χ1n) is 8.51. The molecule has 8 heteroatoms. The maximum Gasteiger partial charge on any atom is 0.271 e. The Balaban J connectivity index is 1.69. The Morgan fingerprint density at radius 1 is 1.21 bits per heavy atom. The summed E-state index contributed by atoms with van der Waals surface area (Å²) in [7, 11) is 0. The topological polar surface area (TPSA) is 84.3 Å². The van der Waals surface area contributed by atoms with E-state index in [9.17, 15) is 14.9 Å². The number of aryl methyl sites for hydroxylation is 1. The van der Waals surface area contributed by atoms with Crippen molar-refractivity contribution in [3.05, 3.63) is 91.1 Å². The van der Waals surface area contributed by atoms with Gasteiger partial charge in [-0.25, -0.2) is 0 Å². The van der Waals surface area contributed by atoms with Gasteiger partial charge in [-0.1, -0.05) is 47.5 Å². The van der Waals surface area contributed by atoms with Crippen LogP contribution in [-0.2, 0) is 4.79 Å². The molecular weight excluding hydrogens is 398 g/mol. The number of thiophene rings is 1. The van der Waals surface area contributed by atoms with E-state index in [1.165, 1.54) is 23.8 Å². The van der Waals surface area contributed by atoms with Gasteiger partial charge in [0.05, 0.1) is 28.2 Å². The molecule has 0 unspecified atom stereocenters. The van der Waals surface area contributed by atoms with E-state index in [0.29, 0.717) is 5.69 Å². The number of nitrogens with one attached hydrogen (secondary N) is 2. The number of non-ortho nitro benzene ring substituents is 1. The van der Waals surface area contributed by atoms with Gasteiger partial charge in [0, 0.05) is 17.0 Å². The molecule has 3 rings (SSSR count). The van der Waals surface area contributed by atoms with E-state index in [-0.39, 0.29) is 29.2 Å². The molecule has 0 aliphatic carbocycles. The van der Waals surface area contributed by atoms with Gasteiger partial charge in [-0.2, -0.15) is 0 Å². The van der Waals surface area contributed by atoms with Gasteiger partial charge in [0.2, 0.25) is 5.91 Å². The molecule has 2 N–H and O–H groups in total. The molecule has 0 radical (unpaired) electrons. The number of hydrogen-bond donors (Lipinski definition) is 2. The maximum atomic E-state index is 12.4. The van der Waals surface area contributed by atoms with E-state index >= 15 is 0 Å². The molecule has 0 fully saturated rings. The molecule has 144 valence electrons. The van der Waals surface area contributed by atoms with E-state index in [1.54, 1.807) is 11.3 Å². The molecule has 1 atom stereocenters. The van der Waals surface area contributed by atoms with Crippen LogP contribution < -0.4 is 10.6 Å². The first-order valence-corrected chi connectivity index (χ1v) is 9.77. The number of nitro groups is 1. The van der Waals surface area contributed by atoms with Gasteiger partial charge in [0.1, 0.15) is 0 Å². The van der Waals surface area contributed by atoms with Gasteiger partial charge in [0.15, 0.2) is 0 Å². The lowest BCUT2D eigenvalue weighted by Gasteiger charge is -2.18. The van der Waals surface area contributed by atoms with Crippen LogP contribution in [0.2, 0.25) is 5.02 Å². The Kier molecular flexibility index (Phi) is 6.41. The lowest BCUT2D eigenvalue weighted by Crippen LogP contribution is -2.31. The summed E-state index contributed by atoms with van der Waals surface area (Å²) in [5.74, 6) is -0.288. The van der Waals surface area contributed by atoms with Gasteiger partial charge in [-0.3, -0.25) is 20.2 Å². The number of amides is 1. The average molecular weight is 416 g/mol. The molecule has 0 bridgehead atoms. The number of halogens is 1. The Hall–Kier alpha value is -2.74. The Morgan fingerprint density at radius 2 is 1.96 bits per heavy atom. The summed E-state index contributed by atoms with van der Waals surface area (Å²) in [5.41, 5.74) is 2.44. The second kappa shape index (κ2) is 8.97. The third-order valence-electron chi connectivity index (χ3n) is 4.14. The monoisotopic (exact) mass is 415 g/mol. The van der Waals surface area contributed by atoms with Crippen molar-refractivity contribution in [2.45, 2.75) is 13.0 Å². The Morgan fingerprint density at radius 3 is 2.57 bits per heavy atom. The van der Waals surface area contributed by atoms with Crippen LogP contribution in [0.3, 0.4) is 0 Å². The number of anilines is 1. The molecule has 1 heterocycles. The Labute approximate surface area is 171 Å². The number of carbonyl (C=O) groups is 1. The van der Waals surface area contributed by atoms with Gasteiger partial charge < -0.3 is 5.32 Å². The number of benzene rings is 2. The molecule has 0 aliphatic heterocycles. The van der Waals surface area contributed by atoms with Crippen LogP contribution in [0.5, 0.6) is 0 Å². The van der Waals surface area contributed by atoms with Gasteiger partial charge in [-0.15, -0.1) is 11.3 Å². The summed E-state index contributed by atoms with van der Waals surface area (Å²) in [6.07, 6.45) is 0. The van der Waals surface area contributed by atoms with Crippen LogP contribution in [0, 0.1) is 17.0 Å². The van der Waals surface area contributed by atoms with E-state index in [2.05, 4.69) is 10.6 Å². The number of rotatable bonds is 7. The fourth-order valence-corrected chi connectivity index (χ4v) is 3.75. The first kappa shape index (κ1) is 20.0. The zero-order valence-electron chi connectivity index (χ0n) is 15.0. The highest BCUT2D eigenvalue weighted by Crippen LogP contribution is 2.28. The van der Waals surface area contributed by atoms with Crippen molar-refractivity contribution in [3.8, 4) is 0 Å². The van der Waals surface area contributed by atoms with E-state index in [0.717, 1.165) is 10.4 Å². The van der Waals surface area contributed by atoms with Crippen LogP contribution in [0.15, 0.2) is 60.0 Å². The maximum absolute atomic E-state index is 12.4. The number of carbonyl (C=O) groups excluding carboxylic acids is 1. The van der Waals surface area contributed by atoms with Gasteiger partial charge >= 0.3 is 0 Å². The third kappa shape index (κ3) is 4.95. The molecule has 3 aromatic rings. The quantitative estimate of drug-likeness (QED) is 0.423. The minimum atomic E-state index is -0.535. The Bertz CT molecular complexity index is 975. The highest BCUT2D eigenvalue weighted by atomic mass is 35.5. The number of hydrogen-bond acceptors (Lipinski definition) is 5. The normalized spacial score (nSPS) is 11.8. The van der Waals surface area contributed by atoms with Crippen LogP contribution in [0.1, 0.15) is 22.0 Å². The summed E-state index contributed by atoms with van der Waals surface area (Å²) < 4.78 is 0. The number of nitrogens with zero attached hydrogens (tertiary/aromatic N) is 1. The SMILES string of the molecule is Cc1ccc([C@@H](NCC(=O)Nc2ccc([N+](=O)[O-])cc2Cl)c2cccs2)cc1. The fraction of sp³-hybridized carbons (Fsp3) is 0.150. The lowest BCUT2D eigenvalue weighted by molar-refractivity contribution is -0.384.